The van der Waals surface area contributed by atoms with Crippen LogP contribution in [0.1, 0.15) is 29.5 Å². The third-order valence-corrected chi connectivity index (χ3v) is 4.01. The van der Waals surface area contributed by atoms with E-state index >= 15 is 0 Å². The highest BCUT2D eigenvalue weighted by atomic mass is 19.4. The van der Waals surface area contributed by atoms with Crippen LogP contribution in [0.25, 0.3) is 0 Å². The van der Waals surface area contributed by atoms with Crippen LogP contribution in [-0.4, -0.2) is 23.8 Å². The third kappa shape index (κ3) is 4.96. The summed E-state index contributed by atoms with van der Waals surface area (Å²) >= 11 is 0. The molecule has 1 aliphatic carbocycles. The quantitative estimate of drug-likeness (QED) is 0.412. The first-order valence-corrected chi connectivity index (χ1v) is 7.85. The summed E-state index contributed by atoms with van der Waals surface area (Å²) < 4.78 is 71.2. The molecule has 0 spiro atoms. The first-order chi connectivity index (χ1) is 12.4. The van der Waals surface area contributed by atoms with E-state index in [1.807, 2.05) is 0 Å². The predicted molar refractivity (Wildman–Crippen MR) is 90.6 cm³/mol. The van der Waals surface area contributed by atoms with Gasteiger partial charge in [0.1, 0.15) is 0 Å². The Morgan fingerprint density at radius 3 is 1.52 bits per heavy atom. The SMILES string of the molecule is CC(=N)C(=N)C(C(F)(F)F)C(F)(F)F.c1ccc(C2c3ccccc32)cc1. The number of halogens is 6. The molecule has 2 aromatic carbocycles. The smallest absolute Gasteiger partial charge is 0.304 e. The molecule has 8 heteroatoms. The lowest BCUT2D eigenvalue weighted by Gasteiger charge is -2.22. The van der Waals surface area contributed by atoms with Crippen LogP contribution in [0.15, 0.2) is 54.6 Å². The van der Waals surface area contributed by atoms with Gasteiger partial charge in [0, 0.05) is 11.6 Å². The molecule has 0 atom stereocenters. The van der Waals surface area contributed by atoms with Crippen molar-refractivity contribution in [3.63, 3.8) is 0 Å². The average molecular weight is 386 g/mol. The van der Waals surface area contributed by atoms with Gasteiger partial charge in [-0.15, -0.1) is 0 Å². The molecule has 0 fully saturated rings. The molecule has 0 radical (unpaired) electrons. The van der Waals surface area contributed by atoms with E-state index in [-0.39, 0.29) is 0 Å². The molecular formula is C19H16F6N2. The molecule has 3 rings (SSSR count). The van der Waals surface area contributed by atoms with E-state index in [0.717, 1.165) is 0 Å². The number of hydrogen-bond donors (Lipinski definition) is 2. The molecule has 0 heterocycles. The molecule has 2 N–H and O–H groups in total. The fourth-order valence-corrected chi connectivity index (χ4v) is 2.69. The Morgan fingerprint density at radius 2 is 1.19 bits per heavy atom. The molecule has 0 aliphatic heterocycles. The first kappa shape index (κ1) is 20.7. The van der Waals surface area contributed by atoms with Crippen molar-refractivity contribution in [3.8, 4) is 0 Å². The highest BCUT2D eigenvalue weighted by Crippen LogP contribution is 2.47. The van der Waals surface area contributed by atoms with Gasteiger partial charge < -0.3 is 10.8 Å². The maximum atomic E-state index is 11.9. The molecule has 0 bridgehead atoms. The van der Waals surface area contributed by atoms with Gasteiger partial charge in [0.15, 0.2) is 5.92 Å². The number of alkyl halides is 6. The van der Waals surface area contributed by atoms with Crippen molar-refractivity contribution in [3.05, 3.63) is 71.3 Å². The topological polar surface area (TPSA) is 47.7 Å². The largest absolute Gasteiger partial charge is 0.406 e. The van der Waals surface area contributed by atoms with Crippen LogP contribution in [0.5, 0.6) is 0 Å². The van der Waals surface area contributed by atoms with Crippen molar-refractivity contribution < 1.29 is 26.3 Å². The first-order valence-electron chi connectivity index (χ1n) is 7.85. The fourth-order valence-electron chi connectivity index (χ4n) is 2.69. The maximum Gasteiger partial charge on any atom is 0.406 e. The lowest BCUT2D eigenvalue weighted by Crippen LogP contribution is -2.44. The molecule has 0 saturated carbocycles. The minimum atomic E-state index is -5.59. The normalized spacial score (nSPS) is 13.5. The van der Waals surface area contributed by atoms with E-state index in [1.54, 1.807) is 0 Å². The fraction of sp³-hybridized carbons (Fsp3) is 0.263. The molecule has 27 heavy (non-hydrogen) atoms. The zero-order chi connectivity index (χ0) is 20.4. The van der Waals surface area contributed by atoms with E-state index in [2.05, 4.69) is 54.6 Å². The van der Waals surface area contributed by atoms with E-state index in [4.69, 9.17) is 10.8 Å². The molecule has 144 valence electrons. The lowest BCUT2D eigenvalue weighted by atomic mass is 9.99. The van der Waals surface area contributed by atoms with E-state index < -0.39 is 29.7 Å². The van der Waals surface area contributed by atoms with Gasteiger partial charge in [-0.2, -0.15) is 26.3 Å². The van der Waals surface area contributed by atoms with Gasteiger partial charge in [0.2, 0.25) is 0 Å². The molecule has 0 aromatic heterocycles. The standard InChI is InChI=1S/C13H10.C6H6F6N2/c1-2-6-10(7-3-1)13-11-8-4-5-9-12(11)13;1-2(13)3(14)4(5(7,8)9)6(10,11)12/h1-9,13H;4,13-14H,1H3. The summed E-state index contributed by atoms with van der Waals surface area (Å²) in [5.74, 6) is -3.27. The van der Waals surface area contributed by atoms with Gasteiger partial charge in [0.25, 0.3) is 0 Å². The minimum absolute atomic E-state index is 0.594. The molecule has 2 aromatic rings. The van der Waals surface area contributed by atoms with Crippen LogP contribution in [0.3, 0.4) is 0 Å². The summed E-state index contributed by atoms with van der Waals surface area (Å²) in [6, 6.07) is 19.3. The molecule has 0 saturated heterocycles. The van der Waals surface area contributed by atoms with Crippen molar-refractivity contribution >= 4 is 11.4 Å². The van der Waals surface area contributed by atoms with Crippen LogP contribution in [0.4, 0.5) is 26.3 Å². The van der Waals surface area contributed by atoms with Crippen LogP contribution < -0.4 is 0 Å². The zero-order valence-corrected chi connectivity index (χ0v) is 14.1. The summed E-state index contributed by atoms with van der Waals surface area (Å²) in [4.78, 5) is 0. The van der Waals surface area contributed by atoms with Crippen molar-refractivity contribution in [1.82, 2.24) is 0 Å². The second-order valence-electron chi connectivity index (χ2n) is 6.03. The van der Waals surface area contributed by atoms with Gasteiger partial charge in [0.05, 0.1) is 5.71 Å². The van der Waals surface area contributed by atoms with Crippen LogP contribution in [0.2, 0.25) is 0 Å². The Morgan fingerprint density at radius 1 is 0.778 bits per heavy atom. The Labute approximate surface area is 151 Å². The van der Waals surface area contributed by atoms with Gasteiger partial charge >= 0.3 is 12.4 Å². The van der Waals surface area contributed by atoms with Crippen molar-refractivity contribution in [1.29, 1.82) is 10.8 Å². The second kappa shape index (κ2) is 7.54. The number of fused-ring (bicyclic) bond motifs is 1. The molecule has 0 unspecified atom stereocenters. The Balaban J connectivity index is 0.000000193. The summed E-state index contributed by atoms with van der Waals surface area (Å²) in [5.41, 5.74) is 1.58. The van der Waals surface area contributed by atoms with Crippen molar-refractivity contribution in [2.75, 3.05) is 0 Å². The molecule has 0 amide bonds. The van der Waals surface area contributed by atoms with E-state index in [1.165, 1.54) is 16.7 Å². The summed E-state index contributed by atoms with van der Waals surface area (Å²) in [5, 5.41) is 13.1. The average Bonchev–Trinajstić information content (AvgIpc) is 3.28. The van der Waals surface area contributed by atoms with Crippen LogP contribution >= 0.6 is 0 Å². The number of benzene rings is 2. The minimum Gasteiger partial charge on any atom is -0.304 e. The van der Waals surface area contributed by atoms with E-state index in [0.29, 0.717) is 12.8 Å². The molecule has 1 aliphatic rings. The zero-order valence-electron chi connectivity index (χ0n) is 14.1. The van der Waals surface area contributed by atoms with Gasteiger partial charge in [-0.3, -0.25) is 0 Å². The highest BCUT2D eigenvalue weighted by Gasteiger charge is 2.59. The van der Waals surface area contributed by atoms with Crippen molar-refractivity contribution in [2.24, 2.45) is 5.92 Å². The molecule has 2 nitrogen and oxygen atoms in total. The third-order valence-electron chi connectivity index (χ3n) is 4.01. The Hall–Kier alpha value is -2.64. The monoisotopic (exact) mass is 386 g/mol. The summed E-state index contributed by atoms with van der Waals surface area (Å²) in [6.07, 6.45) is -11.2. The summed E-state index contributed by atoms with van der Waals surface area (Å²) in [7, 11) is 0. The lowest BCUT2D eigenvalue weighted by molar-refractivity contribution is -0.260. The maximum absolute atomic E-state index is 11.9. The van der Waals surface area contributed by atoms with Gasteiger partial charge in [-0.1, -0.05) is 54.6 Å². The second-order valence-corrected chi connectivity index (χ2v) is 6.03. The Bertz CT molecular complexity index is 787. The number of rotatable bonds is 3. The highest BCUT2D eigenvalue weighted by molar-refractivity contribution is 6.40. The van der Waals surface area contributed by atoms with Crippen LogP contribution in [-0.2, 0) is 0 Å². The van der Waals surface area contributed by atoms with Gasteiger partial charge in [-0.25, -0.2) is 0 Å². The van der Waals surface area contributed by atoms with E-state index in [9.17, 15) is 26.3 Å². The molecular weight excluding hydrogens is 370 g/mol. The number of hydrogen-bond acceptors (Lipinski definition) is 2. The van der Waals surface area contributed by atoms with Crippen molar-refractivity contribution in [2.45, 2.75) is 25.2 Å². The summed E-state index contributed by atoms with van der Waals surface area (Å²) in [6.45, 7) is 0.701. The van der Waals surface area contributed by atoms with Gasteiger partial charge in [-0.05, 0) is 23.6 Å². The van der Waals surface area contributed by atoms with Crippen LogP contribution in [0, 0.1) is 16.7 Å². The Kier molecular flexibility index (Phi) is 5.77. The predicted octanol–water partition coefficient (Wildman–Crippen LogP) is 5.97. The number of nitrogens with one attached hydrogen (secondary N) is 2.